The molecule has 0 bridgehead atoms. The number of carbonyl (C=O) groups excluding carboxylic acids is 1. The second kappa shape index (κ2) is 10.3. The van der Waals surface area contributed by atoms with Crippen LogP contribution in [-0.2, 0) is 4.74 Å². The van der Waals surface area contributed by atoms with Crippen LogP contribution in [0.5, 0.6) is 0 Å². The van der Waals surface area contributed by atoms with Gasteiger partial charge in [0.2, 0.25) is 0 Å². The third kappa shape index (κ3) is 5.57. The molecule has 39 heavy (non-hydrogen) atoms. The Bertz CT molecular complexity index is 1470. The number of hydrogen-bond acceptors (Lipinski definition) is 8. The Kier molecular flexibility index (Phi) is 6.66. The van der Waals surface area contributed by atoms with E-state index in [0.717, 1.165) is 35.3 Å². The number of anilines is 1. The van der Waals surface area contributed by atoms with Crippen molar-refractivity contribution < 1.29 is 9.53 Å². The normalized spacial score (nSPS) is 18.5. The average Bonchev–Trinajstić information content (AvgIpc) is 3.69. The Morgan fingerprint density at radius 1 is 1.00 bits per heavy atom. The topological polar surface area (TPSA) is 115 Å². The fourth-order valence-corrected chi connectivity index (χ4v) is 5.40. The minimum Gasteiger partial charge on any atom is -0.444 e. The highest BCUT2D eigenvalue weighted by Crippen LogP contribution is 2.28. The van der Waals surface area contributed by atoms with Crippen molar-refractivity contribution in [3.8, 4) is 22.5 Å². The second-order valence-electron chi connectivity index (χ2n) is 11.5. The highest BCUT2D eigenvalue weighted by Gasteiger charge is 2.29. The molecule has 1 unspecified atom stereocenters. The third-order valence-corrected chi connectivity index (χ3v) is 7.32. The van der Waals surface area contributed by atoms with E-state index in [0.29, 0.717) is 30.6 Å². The van der Waals surface area contributed by atoms with E-state index >= 15 is 0 Å². The number of nitrogens with zero attached hydrogens (tertiary/aromatic N) is 8. The standard InChI is InChI=1S/C28H35N9O2/c1-28(2,3)39-27(38)35-12-6-9-23(18-35)36-17-21(16-30-36)19-13-20(15-29-14-19)26-33-32-25-11-10-24(34-37(25)26)31-22-7-4-5-8-22/h10-11,13-17,22-23H,4-9,12,18H2,1-3H3,(H,31,34). The van der Waals surface area contributed by atoms with Crippen LogP contribution in [0, 0.1) is 0 Å². The Balaban J connectivity index is 1.21. The zero-order valence-corrected chi connectivity index (χ0v) is 22.7. The Morgan fingerprint density at radius 2 is 1.82 bits per heavy atom. The number of likely N-dealkylation sites (tertiary alicyclic amines) is 1. The first-order chi connectivity index (χ1) is 18.8. The molecule has 2 aliphatic rings. The first kappa shape index (κ1) is 25.3. The number of ether oxygens (including phenoxy) is 1. The summed E-state index contributed by atoms with van der Waals surface area (Å²) >= 11 is 0. The number of carbonyl (C=O) groups is 1. The lowest BCUT2D eigenvalue weighted by molar-refractivity contribution is 0.0167. The van der Waals surface area contributed by atoms with Gasteiger partial charge in [-0.05, 0) is 64.7 Å². The number of aromatic nitrogens is 7. The molecule has 1 aliphatic heterocycles. The zero-order valence-electron chi connectivity index (χ0n) is 22.7. The highest BCUT2D eigenvalue weighted by molar-refractivity contribution is 5.69. The molecule has 0 aromatic carbocycles. The lowest BCUT2D eigenvalue weighted by Gasteiger charge is -2.34. The van der Waals surface area contributed by atoms with Crippen LogP contribution >= 0.6 is 0 Å². The quantitative estimate of drug-likeness (QED) is 0.385. The lowest BCUT2D eigenvalue weighted by atomic mass is 10.1. The van der Waals surface area contributed by atoms with Crippen LogP contribution in [0.25, 0.3) is 28.2 Å². The molecule has 4 aromatic rings. The number of amides is 1. The van der Waals surface area contributed by atoms with E-state index < -0.39 is 5.60 Å². The maximum Gasteiger partial charge on any atom is 0.410 e. The number of rotatable bonds is 5. The molecule has 1 aliphatic carbocycles. The van der Waals surface area contributed by atoms with Gasteiger partial charge < -0.3 is 15.0 Å². The molecule has 1 saturated heterocycles. The van der Waals surface area contributed by atoms with Crippen molar-refractivity contribution >= 4 is 17.6 Å². The minimum absolute atomic E-state index is 0.0894. The van der Waals surface area contributed by atoms with Crippen molar-refractivity contribution in [2.75, 3.05) is 18.4 Å². The maximum absolute atomic E-state index is 12.6. The van der Waals surface area contributed by atoms with Gasteiger partial charge in [-0.25, -0.2) is 4.79 Å². The van der Waals surface area contributed by atoms with Gasteiger partial charge in [-0.3, -0.25) is 9.67 Å². The van der Waals surface area contributed by atoms with Crippen LogP contribution in [0.15, 0.2) is 43.0 Å². The summed E-state index contributed by atoms with van der Waals surface area (Å²) in [6, 6.07) is 6.50. The maximum atomic E-state index is 12.6. The first-order valence-electron chi connectivity index (χ1n) is 13.8. The zero-order chi connectivity index (χ0) is 27.0. The van der Waals surface area contributed by atoms with Gasteiger partial charge in [-0.2, -0.15) is 9.61 Å². The molecule has 0 spiro atoms. The molecule has 11 nitrogen and oxygen atoms in total. The van der Waals surface area contributed by atoms with E-state index in [9.17, 15) is 4.79 Å². The summed E-state index contributed by atoms with van der Waals surface area (Å²) in [7, 11) is 0. The monoisotopic (exact) mass is 529 g/mol. The molecule has 5 heterocycles. The summed E-state index contributed by atoms with van der Waals surface area (Å²) in [6.07, 6.45) is 13.9. The second-order valence-corrected chi connectivity index (χ2v) is 11.5. The van der Waals surface area contributed by atoms with Gasteiger partial charge in [-0.1, -0.05) is 12.8 Å². The molecular weight excluding hydrogens is 494 g/mol. The molecule has 1 saturated carbocycles. The summed E-state index contributed by atoms with van der Waals surface area (Å²) in [6.45, 7) is 6.93. The molecule has 1 N–H and O–H groups in total. The molecule has 11 heteroatoms. The van der Waals surface area contributed by atoms with E-state index in [4.69, 9.17) is 9.84 Å². The number of nitrogens with one attached hydrogen (secondary N) is 1. The van der Waals surface area contributed by atoms with Crippen molar-refractivity contribution in [3.63, 3.8) is 0 Å². The van der Waals surface area contributed by atoms with Crippen molar-refractivity contribution in [2.45, 2.75) is 77.0 Å². The van der Waals surface area contributed by atoms with Gasteiger partial charge in [0.15, 0.2) is 11.5 Å². The Labute approximate surface area is 227 Å². The van der Waals surface area contributed by atoms with Crippen LogP contribution in [0.1, 0.15) is 65.3 Å². The molecule has 6 rings (SSSR count). The third-order valence-electron chi connectivity index (χ3n) is 7.32. The lowest BCUT2D eigenvalue weighted by Crippen LogP contribution is -2.43. The van der Waals surface area contributed by atoms with Gasteiger partial charge in [-0.15, -0.1) is 15.3 Å². The van der Waals surface area contributed by atoms with E-state index in [2.05, 4.69) is 25.6 Å². The van der Waals surface area contributed by atoms with Crippen LogP contribution in [0.4, 0.5) is 10.6 Å². The first-order valence-corrected chi connectivity index (χ1v) is 13.8. The van der Waals surface area contributed by atoms with Gasteiger partial charge in [0, 0.05) is 54.4 Å². The van der Waals surface area contributed by atoms with E-state index in [1.807, 2.05) is 62.2 Å². The number of piperidine rings is 1. The molecular formula is C28H35N9O2. The summed E-state index contributed by atoms with van der Waals surface area (Å²) in [4.78, 5) is 18.9. The van der Waals surface area contributed by atoms with Gasteiger partial charge in [0.1, 0.15) is 11.4 Å². The summed E-state index contributed by atoms with van der Waals surface area (Å²) < 4.78 is 9.31. The molecule has 4 aromatic heterocycles. The largest absolute Gasteiger partial charge is 0.444 e. The van der Waals surface area contributed by atoms with Gasteiger partial charge in [0.05, 0.1) is 12.2 Å². The molecule has 1 atom stereocenters. The molecule has 0 radical (unpaired) electrons. The predicted octanol–water partition coefficient (Wildman–Crippen LogP) is 4.98. The average molecular weight is 530 g/mol. The number of pyridine rings is 1. The van der Waals surface area contributed by atoms with E-state index in [-0.39, 0.29) is 12.1 Å². The van der Waals surface area contributed by atoms with Crippen molar-refractivity contribution in [1.29, 1.82) is 0 Å². The fraction of sp³-hybridized carbons (Fsp3) is 0.500. The minimum atomic E-state index is -0.514. The highest BCUT2D eigenvalue weighted by atomic mass is 16.6. The van der Waals surface area contributed by atoms with Crippen LogP contribution in [0.2, 0.25) is 0 Å². The Hall–Kier alpha value is -4.02. The van der Waals surface area contributed by atoms with Gasteiger partial charge >= 0.3 is 6.09 Å². The smallest absolute Gasteiger partial charge is 0.410 e. The van der Waals surface area contributed by atoms with Crippen LogP contribution in [0.3, 0.4) is 0 Å². The predicted molar refractivity (Wildman–Crippen MR) is 147 cm³/mol. The molecule has 1 amide bonds. The van der Waals surface area contributed by atoms with Gasteiger partial charge in [0.25, 0.3) is 0 Å². The van der Waals surface area contributed by atoms with Crippen LogP contribution in [-0.4, -0.2) is 70.3 Å². The SMILES string of the molecule is CC(C)(C)OC(=O)N1CCCC(n2cc(-c3cncc(-c4nnc5ccc(NC6CCCC6)nn45)c3)cn2)C1. The summed E-state index contributed by atoms with van der Waals surface area (Å²) in [5.41, 5.74) is 2.87. The van der Waals surface area contributed by atoms with E-state index in [1.54, 1.807) is 15.6 Å². The number of hydrogen-bond donors (Lipinski definition) is 1. The molecule has 204 valence electrons. The number of fused-ring (bicyclic) bond motifs is 1. The van der Waals surface area contributed by atoms with Crippen molar-refractivity contribution in [2.24, 2.45) is 0 Å². The van der Waals surface area contributed by atoms with Crippen molar-refractivity contribution in [1.82, 2.24) is 39.5 Å². The Morgan fingerprint density at radius 3 is 2.64 bits per heavy atom. The van der Waals surface area contributed by atoms with Crippen molar-refractivity contribution in [3.05, 3.63) is 43.0 Å². The van der Waals surface area contributed by atoms with Crippen LogP contribution < -0.4 is 5.32 Å². The molecule has 2 fully saturated rings. The summed E-state index contributed by atoms with van der Waals surface area (Å²) in [5.74, 6) is 1.47. The van der Waals surface area contributed by atoms with E-state index in [1.165, 1.54) is 25.7 Å². The fourth-order valence-electron chi connectivity index (χ4n) is 5.40. The summed E-state index contributed by atoms with van der Waals surface area (Å²) in [5, 5.41) is 21.7.